The second kappa shape index (κ2) is 9.60. The summed E-state index contributed by atoms with van der Waals surface area (Å²) >= 11 is 9.32. The molecule has 0 bridgehead atoms. The molecule has 1 N–H and O–H groups in total. The molecule has 0 amide bonds. The van der Waals surface area contributed by atoms with Crippen LogP contribution in [0.25, 0.3) is 0 Å². The molecular formula is C15H22BrClFN. The van der Waals surface area contributed by atoms with Crippen molar-refractivity contribution in [2.75, 3.05) is 11.9 Å². The number of hydrogen-bond donors (Lipinski definition) is 1. The third kappa shape index (κ3) is 6.62. The second-order valence-corrected chi connectivity index (χ2v) is 6.05. The molecule has 1 rings (SSSR count). The Kier molecular flexibility index (Phi) is 8.47. The number of nitrogens with one attached hydrogen (secondary N) is 1. The molecule has 0 spiro atoms. The van der Waals surface area contributed by atoms with E-state index in [1.165, 1.54) is 50.7 Å². The molecule has 0 aliphatic carbocycles. The summed E-state index contributed by atoms with van der Waals surface area (Å²) in [4.78, 5) is 0. The first-order chi connectivity index (χ1) is 9.15. The van der Waals surface area contributed by atoms with E-state index in [4.69, 9.17) is 11.6 Å². The van der Waals surface area contributed by atoms with Crippen LogP contribution in [0, 0.1) is 5.82 Å². The largest absolute Gasteiger partial charge is 0.383 e. The summed E-state index contributed by atoms with van der Waals surface area (Å²) in [7, 11) is 0. The highest BCUT2D eigenvalue weighted by Crippen LogP contribution is 2.31. The van der Waals surface area contributed by atoms with Crippen molar-refractivity contribution in [1.29, 1.82) is 0 Å². The fourth-order valence-corrected chi connectivity index (χ4v) is 2.97. The highest BCUT2D eigenvalue weighted by molar-refractivity contribution is 9.10. The molecule has 0 unspecified atom stereocenters. The molecule has 0 heterocycles. The van der Waals surface area contributed by atoms with Gasteiger partial charge >= 0.3 is 0 Å². The smallest absolute Gasteiger partial charge is 0.125 e. The zero-order valence-electron chi connectivity index (χ0n) is 11.4. The molecule has 0 radical (unpaired) electrons. The minimum atomic E-state index is -0.321. The Morgan fingerprint density at radius 3 is 2.37 bits per heavy atom. The standard InChI is InChI=1S/C15H22BrClFN/c1-2-3-4-5-6-7-8-9-19-15-13(16)10-12(18)11-14(15)17/h10-11,19H,2-9H2,1H3. The van der Waals surface area contributed by atoms with Crippen molar-refractivity contribution >= 4 is 33.2 Å². The van der Waals surface area contributed by atoms with Gasteiger partial charge in [-0.25, -0.2) is 4.39 Å². The second-order valence-electron chi connectivity index (χ2n) is 4.79. The predicted molar refractivity (Wildman–Crippen MR) is 85.6 cm³/mol. The van der Waals surface area contributed by atoms with Gasteiger partial charge in [0.2, 0.25) is 0 Å². The minimum Gasteiger partial charge on any atom is -0.383 e. The lowest BCUT2D eigenvalue weighted by molar-refractivity contribution is 0.596. The van der Waals surface area contributed by atoms with Crippen LogP contribution in [0.3, 0.4) is 0 Å². The first-order valence-corrected chi connectivity index (χ1v) is 8.20. The Labute approximate surface area is 129 Å². The summed E-state index contributed by atoms with van der Waals surface area (Å²) in [5.41, 5.74) is 0.786. The Morgan fingerprint density at radius 2 is 1.74 bits per heavy atom. The van der Waals surface area contributed by atoms with Crippen molar-refractivity contribution in [3.05, 3.63) is 27.4 Å². The molecule has 108 valence electrons. The van der Waals surface area contributed by atoms with Gasteiger partial charge in [0.25, 0.3) is 0 Å². The SMILES string of the molecule is CCCCCCCCCNc1c(Cl)cc(F)cc1Br. The van der Waals surface area contributed by atoms with Gasteiger partial charge < -0.3 is 5.32 Å². The number of hydrogen-bond acceptors (Lipinski definition) is 1. The summed E-state index contributed by atoms with van der Waals surface area (Å²) < 4.78 is 13.7. The van der Waals surface area contributed by atoms with Gasteiger partial charge in [-0.15, -0.1) is 0 Å². The van der Waals surface area contributed by atoms with E-state index in [0.29, 0.717) is 9.50 Å². The monoisotopic (exact) mass is 349 g/mol. The highest BCUT2D eigenvalue weighted by Gasteiger charge is 2.07. The van der Waals surface area contributed by atoms with Crippen molar-refractivity contribution in [3.8, 4) is 0 Å². The van der Waals surface area contributed by atoms with Crippen LogP contribution in [-0.2, 0) is 0 Å². The van der Waals surface area contributed by atoms with E-state index in [1.807, 2.05) is 0 Å². The minimum absolute atomic E-state index is 0.321. The lowest BCUT2D eigenvalue weighted by Crippen LogP contribution is -2.03. The van der Waals surface area contributed by atoms with E-state index in [-0.39, 0.29) is 5.82 Å². The Hall–Kier alpha value is -0.280. The van der Waals surface area contributed by atoms with Gasteiger partial charge in [0.15, 0.2) is 0 Å². The van der Waals surface area contributed by atoms with Crippen LogP contribution < -0.4 is 5.32 Å². The Bertz CT molecular complexity index is 361. The van der Waals surface area contributed by atoms with Gasteiger partial charge in [-0.05, 0) is 34.5 Å². The zero-order valence-corrected chi connectivity index (χ0v) is 13.8. The van der Waals surface area contributed by atoms with Crippen LogP contribution in [0.15, 0.2) is 16.6 Å². The molecular weight excluding hydrogens is 329 g/mol. The van der Waals surface area contributed by atoms with Gasteiger partial charge in [0.05, 0.1) is 10.7 Å². The van der Waals surface area contributed by atoms with Crippen molar-refractivity contribution in [3.63, 3.8) is 0 Å². The number of rotatable bonds is 9. The van der Waals surface area contributed by atoms with Gasteiger partial charge in [0, 0.05) is 11.0 Å². The molecule has 19 heavy (non-hydrogen) atoms. The summed E-state index contributed by atoms with van der Waals surface area (Å²) in [5.74, 6) is -0.321. The number of benzene rings is 1. The van der Waals surface area contributed by atoms with E-state index >= 15 is 0 Å². The third-order valence-corrected chi connectivity index (χ3v) is 4.01. The average molecular weight is 351 g/mol. The van der Waals surface area contributed by atoms with E-state index in [9.17, 15) is 4.39 Å². The first-order valence-electron chi connectivity index (χ1n) is 7.03. The van der Waals surface area contributed by atoms with Crippen LogP contribution >= 0.6 is 27.5 Å². The first kappa shape index (κ1) is 16.8. The van der Waals surface area contributed by atoms with Gasteiger partial charge in [-0.3, -0.25) is 0 Å². The van der Waals surface area contributed by atoms with Crippen LogP contribution in [-0.4, -0.2) is 6.54 Å². The van der Waals surface area contributed by atoms with E-state index < -0.39 is 0 Å². The normalized spacial score (nSPS) is 10.7. The number of halogens is 3. The average Bonchev–Trinajstić information content (AvgIpc) is 2.35. The van der Waals surface area contributed by atoms with E-state index in [2.05, 4.69) is 28.2 Å². The third-order valence-electron chi connectivity index (χ3n) is 3.09. The van der Waals surface area contributed by atoms with Gasteiger partial charge in [0.1, 0.15) is 5.82 Å². The molecule has 0 fully saturated rings. The summed E-state index contributed by atoms with van der Waals surface area (Å²) in [5, 5.41) is 3.69. The molecule has 4 heteroatoms. The van der Waals surface area contributed by atoms with E-state index in [0.717, 1.165) is 18.7 Å². The molecule has 1 nitrogen and oxygen atoms in total. The topological polar surface area (TPSA) is 12.0 Å². The molecule has 0 saturated carbocycles. The maximum absolute atomic E-state index is 13.1. The highest BCUT2D eigenvalue weighted by atomic mass is 79.9. The van der Waals surface area contributed by atoms with Crippen molar-refractivity contribution in [1.82, 2.24) is 0 Å². The van der Waals surface area contributed by atoms with Crippen molar-refractivity contribution in [2.24, 2.45) is 0 Å². The quantitative estimate of drug-likeness (QED) is 0.508. The molecule has 1 aromatic rings. The van der Waals surface area contributed by atoms with Crippen LogP contribution in [0.1, 0.15) is 51.9 Å². The fraction of sp³-hybridized carbons (Fsp3) is 0.600. The maximum atomic E-state index is 13.1. The lowest BCUT2D eigenvalue weighted by Gasteiger charge is -2.10. The Morgan fingerprint density at radius 1 is 1.11 bits per heavy atom. The molecule has 0 aliphatic rings. The van der Waals surface area contributed by atoms with Crippen LogP contribution in [0.2, 0.25) is 5.02 Å². The fourth-order valence-electron chi connectivity index (χ4n) is 2.01. The molecule has 0 aliphatic heterocycles. The molecule has 1 aromatic carbocycles. The maximum Gasteiger partial charge on any atom is 0.125 e. The summed E-state index contributed by atoms with van der Waals surface area (Å²) in [6.45, 7) is 3.10. The van der Waals surface area contributed by atoms with Crippen molar-refractivity contribution < 1.29 is 4.39 Å². The Balaban J connectivity index is 2.19. The zero-order chi connectivity index (χ0) is 14.1. The number of unbranched alkanes of at least 4 members (excludes halogenated alkanes) is 6. The van der Waals surface area contributed by atoms with Crippen LogP contribution in [0.5, 0.6) is 0 Å². The number of anilines is 1. The van der Waals surface area contributed by atoms with Gasteiger partial charge in [-0.1, -0.05) is 57.0 Å². The van der Waals surface area contributed by atoms with Crippen LogP contribution in [0.4, 0.5) is 10.1 Å². The van der Waals surface area contributed by atoms with E-state index in [1.54, 1.807) is 0 Å². The lowest BCUT2D eigenvalue weighted by atomic mass is 10.1. The summed E-state index contributed by atoms with van der Waals surface area (Å²) in [6.07, 6.45) is 8.95. The predicted octanol–water partition coefficient (Wildman–Crippen LogP) is 6.40. The van der Waals surface area contributed by atoms with Crippen molar-refractivity contribution in [2.45, 2.75) is 51.9 Å². The summed E-state index contributed by atoms with van der Waals surface area (Å²) in [6, 6.07) is 2.76. The molecule has 0 aromatic heterocycles. The molecule has 0 saturated heterocycles. The molecule has 0 atom stereocenters. The van der Waals surface area contributed by atoms with Gasteiger partial charge in [-0.2, -0.15) is 0 Å².